The van der Waals surface area contributed by atoms with Crippen molar-refractivity contribution < 1.29 is 23.0 Å². The highest BCUT2D eigenvalue weighted by atomic mass is 32.1. The standard InChI is InChI=1S/C18H12F2N2O3S/c19-12-3-2-11(7-13(12)20)14-8-26-18(21-14)22-17(23)6-10-1-4-15-16(5-10)25-9-24-15/h1-5,7-8H,6,9H2,(H,21,22,23). The molecule has 4 rings (SSSR count). The number of fused-ring (bicyclic) bond motifs is 1. The van der Waals surface area contributed by atoms with Gasteiger partial charge >= 0.3 is 0 Å². The van der Waals surface area contributed by atoms with Gasteiger partial charge in [-0.05, 0) is 35.9 Å². The number of ether oxygens (including phenoxy) is 2. The van der Waals surface area contributed by atoms with E-state index in [1.165, 1.54) is 17.4 Å². The summed E-state index contributed by atoms with van der Waals surface area (Å²) in [5, 5.41) is 4.76. The molecule has 1 aliphatic rings. The third-order valence-corrected chi connectivity index (χ3v) is 4.53. The molecule has 26 heavy (non-hydrogen) atoms. The van der Waals surface area contributed by atoms with E-state index in [4.69, 9.17) is 9.47 Å². The van der Waals surface area contributed by atoms with Gasteiger partial charge in [0, 0.05) is 10.9 Å². The van der Waals surface area contributed by atoms with Crippen molar-refractivity contribution in [2.24, 2.45) is 0 Å². The van der Waals surface area contributed by atoms with Gasteiger partial charge in [-0.15, -0.1) is 11.3 Å². The number of benzene rings is 2. The number of thiazole rings is 1. The molecule has 5 nitrogen and oxygen atoms in total. The zero-order valence-corrected chi connectivity index (χ0v) is 14.1. The molecule has 8 heteroatoms. The monoisotopic (exact) mass is 374 g/mol. The fourth-order valence-corrected chi connectivity index (χ4v) is 3.25. The molecule has 3 aromatic rings. The van der Waals surface area contributed by atoms with Gasteiger partial charge in [0.2, 0.25) is 12.7 Å². The van der Waals surface area contributed by atoms with Gasteiger partial charge in [-0.1, -0.05) is 6.07 Å². The van der Waals surface area contributed by atoms with Crippen molar-refractivity contribution in [1.82, 2.24) is 4.98 Å². The molecule has 1 N–H and O–H groups in total. The normalized spacial score (nSPS) is 12.2. The topological polar surface area (TPSA) is 60.5 Å². The smallest absolute Gasteiger partial charge is 0.231 e. The van der Waals surface area contributed by atoms with Crippen LogP contribution in [0.25, 0.3) is 11.3 Å². The van der Waals surface area contributed by atoms with Crippen LogP contribution in [0.2, 0.25) is 0 Å². The van der Waals surface area contributed by atoms with E-state index in [0.29, 0.717) is 27.9 Å². The van der Waals surface area contributed by atoms with E-state index in [9.17, 15) is 13.6 Å². The maximum atomic E-state index is 13.3. The van der Waals surface area contributed by atoms with E-state index in [0.717, 1.165) is 17.7 Å². The summed E-state index contributed by atoms with van der Waals surface area (Å²) in [5.41, 5.74) is 1.69. The van der Waals surface area contributed by atoms with Gasteiger partial charge in [0.25, 0.3) is 0 Å². The highest BCUT2D eigenvalue weighted by Gasteiger charge is 2.15. The zero-order valence-electron chi connectivity index (χ0n) is 13.3. The van der Waals surface area contributed by atoms with Crippen molar-refractivity contribution in [3.8, 4) is 22.8 Å². The van der Waals surface area contributed by atoms with Crippen molar-refractivity contribution in [3.63, 3.8) is 0 Å². The fourth-order valence-electron chi connectivity index (χ4n) is 2.52. The van der Waals surface area contributed by atoms with Crippen LogP contribution >= 0.6 is 11.3 Å². The Morgan fingerprint density at radius 2 is 1.96 bits per heavy atom. The van der Waals surface area contributed by atoms with Crippen LogP contribution in [0.3, 0.4) is 0 Å². The van der Waals surface area contributed by atoms with Crippen LogP contribution in [0.4, 0.5) is 13.9 Å². The minimum Gasteiger partial charge on any atom is -0.454 e. The summed E-state index contributed by atoms with van der Waals surface area (Å²) in [4.78, 5) is 16.4. The van der Waals surface area contributed by atoms with E-state index in [1.807, 2.05) is 0 Å². The van der Waals surface area contributed by atoms with Gasteiger partial charge in [-0.2, -0.15) is 0 Å². The number of carbonyl (C=O) groups is 1. The van der Waals surface area contributed by atoms with Crippen LogP contribution in [-0.4, -0.2) is 17.7 Å². The summed E-state index contributed by atoms with van der Waals surface area (Å²) < 4.78 is 36.9. The number of halogens is 2. The quantitative estimate of drug-likeness (QED) is 0.750. The lowest BCUT2D eigenvalue weighted by Gasteiger charge is -2.03. The molecule has 2 aromatic carbocycles. The number of anilines is 1. The summed E-state index contributed by atoms with van der Waals surface area (Å²) in [6, 6.07) is 8.86. The number of nitrogens with one attached hydrogen (secondary N) is 1. The molecule has 0 saturated carbocycles. The number of carbonyl (C=O) groups excluding carboxylic acids is 1. The van der Waals surface area contributed by atoms with Gasteiger partial charge in [-0.3, -0.25) is 4.79 Å². The lowest BCUT2D eigenvalue weighted by molar-refractivity contribution is -0.115. The first-order valence-electron chi connectivity index (χ1n) is 7.68. The lowest BCUT2D eigenvalue weighted by atomic mass is 10.1. The summed E-state index contributed by atoms with van der Waals surface area (Å²) in [6.07, 6.45) is 0.150. The van der Waals surface area contributed by atoms with Crippen LogP contribution in [0, 0.1) is 11.6 Å². The third-order valence-electron chi connectivity index (χ3n) is 3.77. The Morgan fingerprint density at radius 3 is 2.81 bits per heavy atom. The van der Waals surface area contributed by atoms with E-state index in [2.05, 4.69) is 10.3 Å². The second kappa shape index (κ2) is 6.72. The minimum atomic E-state index is -0.941. The van der Waals surface area contributed by atoms with Crippen LogP contribution in [0.5, 0.6) is 11.5 Å². The number of rotatable bonds is 4. The maximum Gasteiger partial charge on any atom is 0.231 e. The van der Waals surface area contributed by atoms with Crippen LogP contribution in [0.1, 0.15) is 5.56 Å². The van der Waals surface area contributed by atoms with Crippen molar-refractivity contribution in [2.45, 2.75) is 6.42 Å². The average molecular weight is 374 g/mol. The number of amides is 1. The SMILES string of the molecule is O=C(Cc1ccc2c(c1)OCO2)Nc1nc(-c2ccc(F)c(F)c2)cs1. The predicted molar refractivity (Wildman–Crippen MR) is 92.4 cm³/mol. The predicted octanol–water partition coefficient (Wildman–Crippen LogP) is 4.00. The Bertz CT molecular complexity index is 990. The molecule has 0 saturated heterocycles. The molecule has 1 aromatic heterocycles. The van der Waals surface area contributed by atoms with Gasteiger partial charge in [0.05, 0.1) is 12.1 Å². The number of hydrogen-bond donors (Lipinski definition) is 1. The Labute approximate surface area is 151 Å². The molecule has 0 radical (unpaired) electrons. The number of nitrogens with zero attached hydrogens (tertiary/aromatic N) is 1. The number of hydrogen-bond acceptors (Lipinski definition) is 5. The van der Waals surface area contributed by atoms with Crippen molar-refractivity contribution in [1.29, 1.82) is 0 Å². The van der Waals surface area contributed by atoms with Crippen molar-refractivity contribution in [3.05, 3.63) is 59.0 Å². The molecule has 0 bridgehead atoms. The molecule has 132 valence electrons. The first-order chi connectivity index (χ1) is 12.6. The molecule has 0 atom stereocenters. The number of aromatic nitrogens is 1. The highest BCUT2D eigenvalue weighted by molar-refractivity contribution is 7.14. The Kier molecular flexibility index (Phi) is 4.26. The molecule has 1 aliphatic heterocycles. The van der Waals surface area contributed by atoms with Crippen LogP contribution in [0.15, 0.2) is 41.8 Å². The van der Waals surface area contributed by atoms with E-state index in [-0.39, 0.29) is 19.1 Å². The van der Waals surface area contributed by atoms with E-state index < -0.39 is 11.6 Å². The van der Waals surface area contributed by atoms with Gasteiger partial charge < -0.3 is 14.8 Å². The van der Waals surface area contributed by atoms with Crippen molar-refractivity contribution >= 4 is 22.4 Å². The maximum absolute atomic E-state index is 13.3. The summed E-state index contributed by atoms with van der Waals surface area (Å²) >= 11 is 1.21. The summed E-state index contributed by atoms with van der Waals surface area (Å²) in [7, 11) is 0. The van der Waals surface area contributed by atoms with Crippen LogP contribution in [-0.2, 0) is 11.2 Å². The first kappa shape index (κ1) is 16.5. The van der Waals surface area contributed by atoms with Crippen LogP contribution < -0.4 is 14.8 Å². The molecule has 2 heterocycles. The van der Waals surface area contributed by atoms with Gasteiger partial charge in [0.15, 0.2) is 28.3 Å². The summed E-state index contributed by atoms with van der Waals surface area (Å²) in [5.74, 6) is -0.824. The fraction of sp³-hybridized carbons (Fsp3) is 0.111. The Morgan fingerprint density at radius 1 is 1.12 bits per heavy atom. The molecular formula is C18H12F2N2O3S. The molecule has 0 aliphatic carbocycles. The minimum absolute atomic E-state index is 0.150. The second-order valence-electron chi connectivity index (χ2n) is 5.58. The molecule has 1 amide bonds. The molecule has 0 unspecified atom stereocenters. The zero-order chi connectivity index (χ0) is 18.1. The Hall–Kier alpha value is -3.00. The molecular weight excluding hydrogens is 362 g/mol. The molecule has 0 fully saturated rings. The average Bonchev–Trinajstić information content (AvgIpc) is 3.26. The Balaban J connectivity index is 1.43. The van der Waals surface area contributed by atoms with Gasteiger partial charge in [0.1, 0.15) is 0 Å². The third kappa shape index (κ3) is 3.36. The lowest BCUT2D eigenvalue weighted by Crippen LogP contribution is -2.14. The first-order valence-corrected chi connectivity index (χ1v) is 8.56. The van der Waals surface area contributed by atoms with E-state index in [1.54, 1.807) is 23.6 Å². The summed E-state index contributed by atoms with van der Waals surface area (Å²) in [6.45, 7) is 0.177. The van der Waals surface area contributed by atoms with E-state index >= 15 is 0 Å². The largest absolute Gasteiger partial charge is 0.454 e. The van der Waals surface area contributed by atoms with Crippen molar-refractivity contribution in [2.75, 3.05) is 12.1 Å². The van der Waals surface area contributed by atoms with Gasteiger partial charge in [-0.25, -0.2) is 13.8 Å². The second-order valence-corrected chi connectivity index (χ2v) is 6.44. The molecule has 0 spiro atoms. The highest BCUT2D eigenvalue weighted by Crippen LogP contribution is 2.32.